The van der Waals surface area contributed by atoms with E-state index in [1.54, 1.807) is 12.1 Å². The monoisotopic (exact) mass is 250 g/mol. The number of nitrogens with zero attached hydrogens (tertiary/aromatic N) is 1. The molecule has 0 saturated carbocycles. The van der Waals surface area contributed by atoms with Gasteiger partial charge in [0.15, 0.2) is 5.78 Å². The number of rotatable bonds is 4. The molecule has 1 aromatic rings. The van der Waals surface area contributed by atoms with Crippen molar-refractivity contribution in [2.75, 3.05) is 19.6 Å². The van der Waals surface area contributed by atoms with Gasteiger partial charge in [-0.05, 0) is 25.1 Å². The Labute approximate surface area is 105 Å². The maximum atomic E-state index is 13.4. The van der Waals surface area contributed by atoms with Crippen molar-refractivity contribution in [2.24, 2.45) is 11.7 Å². The molecule has 1 aromatic carbocycles. The van der Waals surface area contributed by atoms with E-state index in [9.17, 15) is 14.0 Å². The highest BCUT2D eigenvalue weighted by molar-refractivity contribution is 5.97. The van der Waals surface area contributed by atoms with Gasteiger partial charge < -0.3 is 5.73 Å². The second-order valence-electron chi connectivity index (χ2n) is 4.53. The predicted octanol–water partition coefficient (Wildman–Crippen LogP) is 0.816. The number of hydrogen-bond acceptors (Lipinski definition) is 3. The van der Waals surface area contributed by atoms with Crippen LogP contribution in [0.3, 0.4) is 0 Å². The molecule has 1 aliphatic heterocycles. The number of primary amides is 1. The van der Waals surface area contributed by atoms with Crippen molar-refractivity contribution < 1.29 is 14.0 Å². The Morgan fingerprint density at radius 1 is 1.39 bits per heavy atom. The quantitative estimate of drug-likeness (QED) is 0.804. The second kappa shape index (κ2) is 5.27. The van der Waals surface area contributed by atoms with Gasteiger partial charge in [-0.2, -0.15) is 0 Å². The van der Waals surface area contributed by atoms with Crippen LogP contribution in [0.1, 0.15) is 16.8 Å². The number of carbonyl (C=O) groups is 2. The van der Waals surface area contributed by atoms with E-state index in [-0.39, 0.29) is 29.7 Å². The number of carbonyl (C=O) groups excluding carboxylic acids is 2. The number of ketones is 1. The van der Waals surface area contributed by atoms with Crippen molar-refractivity contribution in [1.29, 1.82) is 0 Å². The van der Waals surface area contributed by atoms with Gasteiger partial charge in [0.05, 0.1) is 18.0 Å². The first-order valence-electron chi connectivity index (χ1n) is 5.87. The van der Waals surface area contributed by atoms with Gasteiger partial charge in [-0.15, -0.1) is 0 Å². The van der Waals surface area contributed by atoms with Crippen LogP contribution in [0, 0.1) is 11.7 Å². The molecular formula is C13H15FN2O2. The first-order valence-corrected chi connectivity index (χ1v) is 5.87. The summed E-state index contributed by atoms with van der Waals surface area (Å²) in [6.07, 6.45) is 0.667. The van der Waals surface area contributed by atoms with Gasteiger partial charge in [0.2, 0.25) is 5.91 Å². The molecule has 1 saturated heterocycles. The third kappa shape index (κ3) is 2.73. The molecule has 18 heavy (non-hydrogen) atoms. The van der Waals surface area contributed by atoms with E-state index in [0.717, 1.165) is 0 Å². The van der Waals surface area contributed by atoms with Crippen molar-refractivity contribution in [2.45, 2.75) is 6.42 Å². The lowest BCUT2D eigenvalue weighted by molar-refractivity contribution is -0.121. The third-order valence-electron chi connectivity index (χ3n) is 3.22. The Bertz CT molecular complexity index is 476. The van der Waals surface area contributed by atoms with Crippen molar-refractivity contribution in [3.05, 3.63) is 35.6 Å². The molecule has 1 atom stereocenters. The van der Waals surface area contributed by atoms with Crippen LogP contribution in [0.15, 0.2) is 24.3 Å². The molecule has 1 fully saturated rings. The normalized spacial score (nSPS) is 19.9. The fourth-order valence-corrected chi connectivity index (χ4v) is 2.18. The smallest absolute Gasteiger partial charge is 0.221 e. The van der Waals surface area contributed by atoms with Crippen molar-refractivity contribution in [3.8, 4) is 0 Å². The highest BCUT2D eigenvalue weighted by Gasteiger charge is 2.28. The molecule has 0 aliphatic carbocycles. The number of hydrogen-bond donors (Lipinski definition) is 1. The van der Waals surface area contributed by atoms with E-state index >= 15 is 0 Å². The van der Waals surface area contributed by atoms with Crippen LogP contribution in [0.5, 0.6) is 0 Å². The first-order chi connectivity index (χ1) is 8.58. The van der Waals surface area contributed by atoms with E-state index in [4.69, 9.17) is 5.73 Å². The minimum absolute atomic E-state index is 0.0972. The van der Waals surface area contributed by atoms with E-state index in [1.807, 2.05) is 4.90 Å². The maximum absolute atomic E-state index is 13.4. The van der Waals surface area contributed by atoms with Gasteiger partial charge in [-0.3, -0.25) is 14.5 Å². The molecule has 1 heterocycles. The topological polar surface area (TPSA) is 63.4 Å². The molecule has 2 N–H and O–H groups in total. The fraction of sp³-hybridized carbons (Fsp3) is 0.385. The first kappa shape index (κ1) is 12.7. The Hall–Kier alpha value is -1.75. The van der Waals surface area contributed by atoms with Gasteiger partial charge in [0.1, 0.15) is 5.82 Å². The Morgan fingerprint density at radius 2 is 2.11 bits per heavy atom. The molecule has 1 amide bonds. The van der Waals surface area contributed by atoms with Crippen LogP contribution in [0.4, 0.5) is 4.39 Å². The van der Waals surface area contributed by atoms with Crippen LogP contribution in [-0.2, 0) is 4.79 Å². The molecular weight excluding hydrogens is 235 g/mol. The lowest BCUT2D eigenvalue weighted by Gasteiger charge is -2.14. The zero-order valence-corrected chi connectivity index (χ0v) is 9.93. The molecule has 0 spiro atoms. The maximum Gasteiger partial charge on any atom is 0.221 e. The SMILES string of the molecule is NC(=O)C1CCN(CC(=O)c2ccccc2F)C1. The van der Waals surface area contributed by atoms with E-state index in [2.05, 4.69) is 0 Å². The fourth-order valence-electron chi connectivity index (χ4n) is 2.18. The Balaban J connectivity index is 1.97. The summed E-state index contributed by atoms with van der Waals surface area (Å²) in [4.78, 5) is 24.7. The summed E-state index contributed by atoms with van der Waals surface area (Å²) in [7, 11) is 0. The lowest BCUT2D eigenvalue weighted by atomic mass is 10.1. The van der Waals surface area contributed by atoms with Crippen LogP contribution in [0.25, 0.3) is 0 Å². The number of amides is 1. The van der Waals surface area contributed by atoms with Crippen LogP contribution in [-0.4, -0.2) is 36.2 Å². The van der Waals surface area contributed by atoms with Gasteiger partial charge in [0.25, 0.3) is 0 Å². The molecule has 0 aromatic heterocycles. The second-order valence-corrected chi connectivity index (χ2v) is 4.53. The van der Waals surface area contributed by atoms with Crippen LogP contribution < -0.4 is 5.73 Å². The largest absolute Gasteiger partial charge is 0.369 e. The number of Topliss-reactive ketones (excluding diaryl/α,β-unsaturated/α-hetero) is 1. The van der Waals surface area contributed by atoms with Crippen molar-refractivity contribution >= 4 is 11.7 Å². The van der Waals surface area contributed by atoms with E-state index in [0.29, 0.717) is 19.5 Å². The molecule has 1 unspecified atom stereocenters. The zero-order valence-electron chi connectivity index (χ0n) is 9.93. The zero-order chi connectivity index (χ0) is 13.1. The van der Waals surface area contributed by atoms with Crippen LogP contribution in [0.2, 0.25) is 0 Å². The Morgan fingerprint density at radius 3 is 2.72 bits per heavy atom. The summed E-state index contributed by atoms with van der Waals surface area (Å²) in [6, 6.07) is 5.92. The van der Waals surface area contributed by atoms with Gasteiger partial charge in [-0.25, -0.2) is 4.39 Å². The summed E-state index contributed by atoms with van der Waals surface area (Å²) in [5, 5.41) is 0. The number of likely N-dealkylation sites (tertiary alicyclic amines) is 1. The highest BCUT2D eigenvalue weighted by Crippen LogP contribution is 2.16. The predicted molar refractivity (Wildman–Crippen MR) is 64.5 cm³/mol. The van der Waals surface area contributed by atoms with E-state index < -0.39 is 5.82 Å². The molecule has 96 valence electrons. The van der Waals surface area contributed by atoms with Crippen molar-refractivity contribution in [1.82, 2.24) is 4.90 Å². The number of nitrogens with two attached hydrogens (primary N) is 1. The third-order valence-corrected chi connectivity index (χ3v) is 3.22. The number of halogens is 1. The summed E-state index contributed by atoms with van der Waals surface area (Å²) < 4.78 is 13.4. The highest BCUT2D eigenvalue weighted by atomic mass is 19.1. The van der Waals surface area contributed by atoms with Gasteiger partial charge in [-0.1, -0.05) is 12.1 Å². The van der Waals surface area contributed by atoms with Crippen molar-refractivity contribution in [3.63, 3.8) is 0 Å². The number of benzene rings is 1. The Kier molecular flexibility index (Phi) is 3.72. The summed E-state index contributed by atoms with van der Waals surface area (Å²) >= 11 is 0. The molecule has 1 aliphatic rings. The van der Waals surface area contributed by atoms with E-state index in [1.165, 1.54) is 12.1 Å². The molecule has 2 rings (SSSR count). The van der Waals surface area contributed by atoms with Gasteiger partial charge >= 0.3 is 0 Å². The molecule has 0 radical (unpaired) electrons. The average molecular weight is 250 g/mol. The average Bonchev–Trinajstić information content (AvgIpc) is 2.78. The molecule has 5 heteroatoms. The summed E-state index contributed by atoms with van der Waals surface area (Å²) in [5.41, 5.74) is 5.31. The van der Waals surface area contributed by atoms with Crippen LogP contribution >= 0.6 is 0 Å². The molecule has 4 nitrogen and oxygen atoms in total. The molecule has 0 bridgehead atoms. The van der Waals surface area contributed by atoms with Gasteiger partial charge in [0, 0.05) is 6.54 Å². The minimum Gasteiger partial charge on any atom is -0.369 e. The lowest BCUT2D eigenvalue weighted by Crippen LogP contribution is -2.31. The standard InChI is InChI=1S/C13H15FN2O2/c14-11-4-2-1-3-10(11)12(17)8-16-6-5-9(7-16)13(15)18/h1-4,9H,5-8H2,(H2,15,18). The minimum atomic E-state index is -0.506. The summed E-state index contributed by atoms with van der Waals surface area (Å²) in [6.45, 7) is 1.26. The summed E-state index contributed by atoms with van der Waals surface area (Å²) in [5.74, 6) is -1.30.